The summed E-state index contributed by atoms with van der Waals surface area (Å²) in [6.45, 7) is 13.5. The zero-order valence-electron chi connectivity index (χ0n) is 18.1. The normalized spacial score (nSPS) is 10.4. The van der Waals surface area contributed by atoms with Crippen molar-refractivity contribution in [1.29, 1.82) is 0 Å². The van der Waals surface area contributed by atoms with Crippen molar-refractivity contribution in [3.05, 3.63) is 142 Å². The van der Waals surface area contributed by atoms with Crippen molar-refractivity contribution in [3.8, 4) is 0 Å². The Hall–Kier alpha value is -2.31. The first-order chi connectivity index (χ1) is 15.9. The number of hydrogen-bond donors (Lipinski definition) is 0. The monoisotopic (exact) mass is 580 g/mol. The number of hydrogen-bond acceptors (Lipinski definition) is 0. The van der Waals surface area contributed by atoms with Gasteiger partial charge >= 0.3 is 155 Å². The predicted molar refractivity (Wildman–Crippen MR) is 128 cm³/mol. The second kappa shape index (κ2) is 24.3. The molecule has 0 aliphatic heterocycles. The first kappa shape index (κ1) is 32.9. The Kier molecular flexibility index (Phi) is 24.2. The number of rotatable bonds is 3. The van der Waals surface area contributed by atoms with Crippen LogP contribution < -0.4 is 10.7 Å². The molecule has 0 atom stereocenters. The molecule has 3 aromatic rings. The van der Waals surface area contributed by atoms with Gasteiger partial charge in [-0.15, -0.1) is 0 Å². The van der Waals surface area contributed by atoms with Gasteiger partial charge in [0.1, 0.15) is 0 Å². The topological polar surface area (TPSA) is 59.7 Å². The average molecular weight is 579 g/mol. The van der Waals surface area contributed by atoms with Crippen molar-refractivity contribution in [2.45, 2.75) is 12.8 Å². The standard InChI is InChI=1S/C7H9.3C6H5.3CO.Cr.Sn/c1-2-4-6-7-5-3-1;3*1-2-4-6-5-3-1;3*1-2;;/h1-5H,6-7H2;3*1-5H;;;;;. The van der Waals surface area contributed by atoms with Gasteiger partial charge in [0, 0.05) is 17.4 Å². The molecule has 5 heteroatoms. The molecule has 2 radical (unpaired) electrons. The second-order valence-corrected chi connectivity index (χ2v) is 13.2. The average Bonchev–Trinajstić information content (AvgIpc) is 3.24. The Labute approximate surface area is 215 Å². The van der Waals surface area contributed by atoms with Crippen molar-refractivity contribution < 1.29 is 31.3 Å². The van der Waals surface area contributed by atoms with Crippen LogP contribution >= 0.6 is 0 Å². The zero-order chi connectivity index (χ0) is 23.9. The third kappa shape index (κ3) is 13.8. The van der Waals surface area contributed by atoms with Crippen LogP contribution in [-0.4, -0.2) is 19.8 Å². The predicted octanol–water partition coefficient (Wildman–Crippen LogP) is 4.18. The van der Waals surface area contributed by atoms with E-state index in [2.05, 4.69) is 142 Å². The molecule has 0 saturated heterocycles. The van der Waals surface area contributed by atoms with E-state index in [1.807, 2.05) is 0 Å². The summed E-state index contributed by atoms with van der Waals surface area (Å²) in [7, 11) is 0. The van der Waals surface area contributed by atoms with Gasteiger partial charge in [-0.1, -0.05) is 24.3 Å². The summed E-state index contributed by atoms with van der Waals surface area (Å²) in [5.41, 5.74) is 0. The van der Waals surface area contributed by atoms with Gasteiger partial charge in [-0.05, 0) is 19.3 Å². The quantitative estimate of drug-likeness (QED) is 0.254. The van der Waals surface area contributed by atoms with Crippen LogP contribution in [0.15, 0.2) is 115 Å². The van der Waals surface area contributed by atoms with Crippen LogP contribution in [0.5, 0.6) is 0 Å². The third-order valence-corrected chi connectivity index (χ3v) is 12.0. The SMILES string of the molecule is [C-]#[O+].[C-]#[O+].[C-]#[O+].[CH]1C=CC=CCC1.[Cr].c1cc[c]([Sn]([c]2ccccc2)[c]2ccccc2)cc1. The van der Waals surface area contributed by atoms with Crippen LogP contribution in [0.4, 0.5) is 0 Å². The number of allylic oxidation sites excluding steroid dienone is 4. The van der Waals surface area contributed by atoms with E-state index in [1.54, 1.807) is 0 Å². The molecule has 4 rings (SSSR count). The Bertz CT molecular complexity index is 830. The van der Waals surface area contributed by atoms with Gasteiger partial charge in [-0.2, -0.15) is 0 Å². The third-order valence-electron chi connectivity index (χ3n) is 4.18. The summed E-state index contributed by atoms with van der Waals surface area (Å²) in [6, 6.07) is 32.9. The number of benzene rings is 3. The Balaban J connectivity index is 0. The van der Waals surface area contributed by atoms with Gasteiger partial charge in [-0.25, -0.2) is 0 Å². The van der Waals surface area contributed by atoms with E-state index >= 15 is 0 Å². The fraction of sp³-hybridized carbons (Fsp3) is 0.0714. The fourth-order valence-electron chi connectivity index (χ4n) is 2.92. The van der Waals surface area contributed by atoms with Crippen LogP contribution in [0.2, 0.25) is 0 Å². The Morgan fingerprint density at radius 2 is 0.848 bits per heavy atom. The van der Waals surface area contributed by atoms with Crippen LogP contribution in [0, 0.1) is 26.4 Å². The van der Waals surface area contributed by atoms with Crippen molar-refractivity contribution in [2.24, 2.45) is 0 Å². The molecule has 3 nitrogen and oxygen atoms in total. The molecule has 1 aliphatic rings. The molecule has 0 saturated carbocycles. The van der Waals surface area contributed by atoms with Gasteiger partial charge in [0.2, 0.25) is 0 Å². The van der Waals surface area contributed by atoms with E-state index in [0.717, 1.165) is 0 Å². The van der Waals surface area contributed by atoms with Crippen LogP contribution in [0.1, 0.15) is 12.8 Å². The molecule has 3 aromatic carbocycles. The summed E-state index contributed by atoms with van der Waals surface area (Å²) >= 11 is -1.98. The summed E-state index contributed by atoms with van der Waals surface area (Å²) in [4.78, 5) is 0. The molecule has 0 heterocycles. The van der Waals surface area contributed by atoms with Crippen LogP contribution in [0.25, 0.3) is 0 Å². The summed E-state index contributed by atoms with van der Waals surface area (Å²) in [5, 5.41) is 0. The van der Waals surface area contributed by atoms with Gasteiger partial charge in [0.15, 0.2) is 0 Å². The molecule has 0 spiro atoms. The summed E-state index contributed by atoms with van der Waals surface area (Å²) in [5.74, 6) is 0. The zero-order valence-corrected chi connectivity index (χ0v) is 22.2. The van der Waals surface area contributed by atoms with E-state index in [1.165, 1.54) is 23.6 Å². The summed E-state index contributed by atoms with van der Waals surface area (Å²) < 4.78 is 27.1. The van der Waals surface area contributed by atoms with E-state index in [9.17, 15) is 0 Å². The van der Waals surface area contributed by atoms with E-state index in [4.69, 9.17) is 14.0 Å². The molecule has 0 amide bonds. The molecule has 0 aromatic heterocycles. The van der Waals surface area contributed by atoms with Gasteiger partial charge < -0.3 is 0 Å². The molecule has 0 fully saturated rings. The maximum atomic E-state index is 7.50. The van der Waals surface area contributed by atoms with E-state index < -0.39 is 19.8 Å². The Morgan fingerprint density at radius 3 is 1.21 bits per heavy atom. The van der Waals surface area contributed by atoms with Crippen molar-refractivity contribution >= 4 is 30.5 Å². The molecule has 0 N–H and O–H groups in total. The molecule has 33 heavy (non-hydrogen) atoms. The van der Waals surface area contributed by atoms with Crippen molar-refractivity contribution in [3.63, 3.8) is 0 Å². The maximum absolute atomic E-state index is 7.50. The molecular weight excluding hydrogens is 555 g/mol. The molecule has 0 unspecified atom stereocenters. The first-order valence-corrected chi connectivity index (χ1v) is 14.0. The van der Waals surface area contributed by atoms with Gasteiger partial charge in [0.25, 0.3) is 0 Å². The van der Waals surface area contributed by atoms with E-state index in [-0.39, 0.29) is 17.4 Å². The van der Waals surface area contributed by atoms with Crippen molar-refractivity contribution in [2.75, 3.05) is 0 Å². The summed E-state index contributed by atoms with van der Waals surface area (Å²) in [6.07, 6.45) is 13.0. The molecular formula is C28H24CrO3Sn. The van der Waals surface area contributed by atoms with Crippen molar-refractivity contribution in [1.82, 2.24) is 0 Å². The van der Waals surface area contributed by atoms with Crippen LogP contribution in [0.3, 0.4) is 0 Å². The minimum absolute atomic E-state index is 0. The molecule has 164 valence electrons. The second-order valence-electron chi connectivity index (χ2n) is 6.10. The van der Waals surface area contributed by atoms with Gasteiger partial charge in [-0.3, -0.25) is 0 Å². The van der Waals surface area contributed by atoms with E-state index in [0.29, 0.717) is 0 Å². The molecule has 1 aliphatic carbocycles. The molecule has 0 bridgehead atoms. The van der Waals surface area contributed by atoms with Crippen LogP contribution in [-0.2, 0) is 31.3 Å². The fourth-order valence-corrected chi connectivity index (χ4v) is 10.3. The Morgan fingerprint density at radius 1 is 0.485 bits per heavy atom. The minimum atomic E-state index is -1.98. The first-order valence-electron chi connectivity index (χ1n) is 9.74. The van der Waals surface area contributed by atoms with Gasteiger partial charge in [0.05, 0.1) is 0 Å².